The molecule has 0 aliphatic carbocycles. The normalized spacial score (nSPS) is 11.1. The van der Waals surface area contributed by atoms with E-state index < -0.39 is 37.3 Å². The van der Waals surface area contributed by atoms with Crippen molar-refractivity contribution in [3.05, 3.63) is 93.2 Å². The fraction of sp³-hybridized carbons (Fsp3) is 0. The van der Waals surface area contributed by atoms with Crippen LogP contribution in [0.1, 0.15) is 10.4 Å². The number of sulfonamides is 1. The van der Waals surface area contributed by atoms with Crippen LogP contribution in [0.15, 0.2) is 71.6 Å². The number of para-hydroxylation sites is 1. The van der Waals surface area contributed by atoms with Crippen LogP contribution in [0.25, 0.3) is 0 Å². The van der Waals surface area contributed by atoms with E-state index in [-0.39, 0.29) is 22.0 Å². The van der Waals surface area contributed by atoms with Crippen LogP contribution in [0.4, 0.5) is 21.5 Å². The molecule has 30 heavy (non-hydrogen) atoms. The lowest BCUT2D eigenvalue weighted by molar-refractivity contribution is -0.385. The van der Waals surface area contributed by atoms with Gasteiger partial charge in [-0.3, -0.25) is 14.9 Å². The van der Waals surface area contributed by atoms with Crippen LogP contribution in [-0.2, 0) is 10.0 Å². The van der Waals surface area contributed by atoms with E-state index >= 15 is 0 Å². The van der Waals surface area contributed by atoms with Gasteiger partial charge in [-0.1, -0.05) is 29.8 Å². The minimum atomic E-state index is -4.51. The van der Waals surface area contributed by atoms with E-state index in [0.29, 0.717) is 0 Å². The van der Waals surface area contributed by atoms with E-state index in [9.17, 15) is 27.7 Å². The molecular weight excluding hydrogens is 437 g/mol. The predicted octanol–water partition coefficient (Wildman–Crippen LogP) is 4.01. The van der Waals surface area contributed by atoms with Crippen molar-refractivity contribution >= 4 is 44.6 Å². The van der Waals surface area contributed by atoms with Crippen LogP contribution in [0, 0.1) is 15.9 Å². The quantitative estimate of drug-likeness (QED) is 0.449. The van der Waals surface area contributed by atoms with Gasteiger partial charge in [-0.2, -0.15) is 0 Å². The summed E-state index contributed by atoms with van der Waals surface area (Å²) in [5.41, 5.74) is 4.59. The lowest BCUT2D eigenvalue weighted by Crippen LogP contribution is -2.29. The highest BCUT2D eigenvalue weighted by atomic mass is 35.5. The number of nitrogens with zero attached hydrogens (tertiary/aromatic N) is 2. The van der Waals surface area contributed by atoms with Crippen LogP contribution in [0.3, 0.4) is 0 Å². The first-order chi connectivity index (χ1) is 14.1. The molecule has 0 bridgehead atoms. The van der Waals surface area contributed by atoms with Crippen LogP contribution >= 0.6 is 11.6 Å². The number of nitro benzene ring substituents is 1. The highest BCUT2D eigenvalue weighted by Gasteiger charge is 2.31. The summed E-state index contributed by atoms with van der Waals surface area (Å²) in [6, 6.07) is 13.1. The summed E-state index contributed by atoms with van der Waals surface area (Å²) >= 11 is 5.83. The van der Waals surface area contributed by atoms with Crippen molar-refractivity contribution in [3.8, 4) is 0 Å². The number of benzene rings is 3. The Hall–Kier alpha value is -3.50. The van der Waals surface area contributed by atoms with Gasteiger partial charge >= 0.3 is 0 Å². The van der Waals surface area contributed by atoms with Crippen molar-refractivity contribution in [2.75, 3.05) is 4.31 Å². The Morgan fingerprint density at radius 3 is 2.40 bits per heavy atom. The molecule has 0 atom stereocenters. The van der Waals surface area contributed by atoms with E-state index in [1.165, 1.54) is 30.3 Å². The number of amides is 1. The number of halogens is 2. The molecule has 0 saturated carbocycles. The fourth-order valence-electron chi connectivity index (χ4n) is 2.74. The molecule has 0 radical (unpaired) electrons. The highest BCUT2D eigenvalue weighted by Crippen LogP contribution is 2.37. The first kappa shape index (κ1) is 21.2. The predicted molar refractivity (Wildman–Crippen MR) is 109 cm³/mol. The van der Waals surface area contributed by atoms with Gasteiger partial charge in [0.2, 0.25) is 0 Å². The second-order valence-corrected chi connectivity index (χ2v) is 8.20. The summed E-state index contributed by atoms with van der Waals surface area (Å²) in [6.45, 7) is 0. The molecule has 3 aromatic rings. The molecule has 154 valence electrons. The van der Waals surface area contributed by atoms with Gasteiger partial charge in [-0.25, -0.2) is 17.1 Å². The zero-order valence-electron chi connectivity index (χ0n) is 15.0. The van der Waals surface area contributed by atoms with Gasteiger partial charge in [-0.05, 0) is 36.4 Å². The second kappa shape index (κ2) is 8.09. The van der Waals surface area contributed by atoms with Gasteiger partial charge in [0.15, 0.2) is 0 Å². The Labute approximate surface area is 175 Å². The largest absolute Gasteiger partial charge is 0.366 e. The molecule has 11 heteroatoms. The maximum absolute atomic E-state index is 13.7. The standard InChI is InChI=1S/C19H13ClFN3O5S/c20-16-11-12(8-9-17(16)21)23(18-7-2-1-6-15(18)19(22)25)30(28,29)14-5-3-4-13(10-14)24(26)27/h1-11H,(H2,22,25). The van der Waals surface area contributed by atoms with Crippen LogP contribution in [0.5, 0.6) is 0 Å². The Morgan fingerprint density at radius 1 is 1.07 bits per heavy atom. The van der Waals surface area contributed by atoms with Gasteiger partial charge in [-0.15, -0.1) is 0 Å². The number of nitrogens with two attached hydrogens (primary N) is 1. The van der Waals surface area contributed by atoms with Gasteiger partial charge < -0.3 is 5.73 Å². The number of non-ortho nitro benzene ring substituents is 1. The fourth-order valence-corrected chi connectivity index (χ4v) is 4.46. The molecule has 8 nitrogen and oxygen atoms in total. The molecule has 0 spiro atoms. The smallest absolute Gasteiger partial charge is 0.270 e. The first-order valence-electron chi connectivity index (χ1n) is 8.26. The summed E-state index contributed by atoms with van der Waals surface area (Å²) in [7, 11) is -4.51. The molecule has 3 aromatic carbocycles. The average molecular weight is 450 g/mol. The number of hydrogen-bond acceptors (Lipinski definition) is 5. The summed E-state index contributed by atoms with van der Waals surface area (Å²) in [5, 5.41) is 10.7. The van der Waals surface area contributed by atoms with Crippen molar-refractivity contribution in [3.63, 3.8) is 0 Å². The third-order valence-electron chi connectivity index (χ3n) is 4.09. The lowest BCUT2D eigenvalue weighted by atomic mass is 10.1. The van der Waals surface area contributed by atoms with E-state index in [4.69, 9.17) is 17.3 Å². The molecule has 2 N–H and O–H groups in total. The van der Waals surface area contributed by atoms with E-state index in [1.54, 1.807) is 0 Å². The Kier molecular flexibility index (Phi) is 5.72. The molecular formula is C19H13ClFN3O5S. The van der Waals surface area contributed by atoms with Crippen molar-refractivity contribution in [1.29, 1.82) is 0 Å². The number of hydrogen-bond donors (Lipinski definition) is 1. The Morgan fingerprint density at radius 2 is 1.77 bits per heavy atom. The molecule has 1 amide bonds. The van der Waals surface area contributed by atoms with Crippen molar-refractivity contribution in [2.24, 2.45) is 5.73 Å². The van der Waals surface area contributed by atoms with Gasteiger partial charge in [0.05, 0.1) is 31.8 Å². The maximum atomic E-state index is 13.7. The third kappa shape index (κ3) is 3.95. The Balaban J connectivity index is 2.32. The van der Waals surface area contributed by atoms with Crippen LogP contribution in [-0.4, -0.2) is 19.2 Å². The zero-order chi connectivity index (χ0) is 22.1. The summed E-state index contributed by atoms with van der Waals surface area (Å²) < 4.78 is 41.4. The Bertz CT molecular complexity index is 1270. The molecule has 0 heterocycles. The topological polar surface area (TPSA) is 124 Å². The monoisotopic (exact) mass is 449 g/mol. The summed E-state index contributed by atoms with van der Waals surface area (Å²) in [6.07, 6.45) is 0. The number of carbonyl (C=O) groups excluding carboxylic acids is 1. The summed E-state index contributed by atoms with van der Waals surface area (Å²) in [4.78, 5) is 21.8. The van der Waals surface area contributed by atoms with Crippen molar-refractivity contribution < 1.29 is 22.5 Å². The van der Waals surface area contributed by atoms with Gasteiger partial charge in [0, 0.05) is 12.1 Å². The number of primary amides is 1. The molecule has 0 unspecified atom stereocenters. The molecule has 0 aliphatic rings. The highest BCUT2D eigenvalue weighted by molar-refractivity contribution is 7.93. The number of rotatable bonds is 6. The molecule has 0 aromatic heterocycles. The second-order valence-electron chi connectivity index (χ2n) is 6.00. The number of nitro groups is 1. The van der Waals surface area contributed by atoms with E-state index in [0.717, 1.165) is 40.7 Å². The molecule has 0 fully saturated rings. The van der Waals surface area contributed by atoms with Crippen LogP contribution < -0.4 is 10.0 Å². The third-order valence-corrected chi connectivity index (χ3v) is 6.12. The van der Waals surface area contributed by atoms with Crippen molar-refractivity contribution in [2.45, 2.75) is 4.90 Å². The SMILES string of the molecule is NC(=O)c1ccccc1N(c1ccc(F)c(Cl)c1)S(=O)(=O)c1cccc([N+](=O)[O-])c1. The first-order valence-corrected chi connectivity index (χ1v) is 10.1. The number of anilines is 2. The molecule has 0 aliphatic heterocycles. The van der Waals surface area contributed by atoms with E-state index in [2.05, 4.69) is 0 Å². The van der Waals surface area contributed by atoms with Crippen molar-refractivity contribution in [1.82, 2.24) is 0 Å². The summed E-state index contributed by atoms with van der Waals surface area (Å²) in [5.74, 6) is -1.69. The van der Waals surface area contributed by atoms with Crippen LogP contribution in [0.2, 0.25) is 5.02 Å². The molecule has 3 rings (SSSR count). The minimum absolute atomic E-state index is 0.0957. The van der Waals surface area contributed by atoms with Gasteiger partial charge in [0.25, 0.3) is 21.6 Å². The zero-order valence-corrected chi connectivity index (χ0v) is 16.6. The number of carbonyl (C=O) groups is 1. The maximum Gasteiger partial charge on any atom is 0.270 e. The average Bonchev–Trinajstić information content (AvgIpc) is 2.71. The van der Waals surface area contributed by atoms with E-state index in [1.807, 2.05) is 0 Å². The molecule has 0 saturated heterocycles. The van der Waals surface area contributed by atoms with Gasteiger partial charge in [0.1, 0.15) is 5.82 Å². The lowest BCUT2D eigenvalue weighted by Gasteiger charge is -2.26. The minimum Gasteiger partial charge on any atom is -0.366 e.